The van der Waals surface area contributed by atoms with Crippen LogP contribution in [-0.2, 0) is 10.1 Å². The third-order valence-corrected chi connectivity index (χ3v) is 6.65. The predicted octanol–water partition coefficient (Wildman–Crippen LogP) is 3.40. The third-order valence-electron chi connectivity index (χ3n) is 5.81. The summed E-state index contributed by atoms with van der Waals surface area (Å²) >= 11 is 0. The van der Waals surface area contributed by atoms with Crippen molar-refractivity contribution in [3.8, 4) is 22.3 Å². The van der Waals surface area contributed by atoms with E-state index in [0.29, 0.717) is 11.1 Å². The summed E-state index contributed by atoms with van der Waals surface area (Å²) in [7, 11) is -4.45. The van der Waals surface area contributed by atoms with Gasteiger partial charge in [-0.3, -0.25) is 4.55 Å². The molecule has 0 unspecified atom stereocenters. The minimum Gasteiger partial charge on any atom is -0.372 e. The number of nitrogens with zero attached hydrogens (tertiary/aromatic N) is 2. The number of hydrogen-bond donors (Lipinski definition) is 1. The van der Waals surface area contributed by atoms with Crippen LogP contribution in [0.15, 0.2) is 65.6 Å². The fraction of sp³-hybridized carbons (Fsp3) is 0.333. The van der Waals surface area contributed by atoms with Crippen LogP contribution in [0.2, 0.25) is 0 Å². The van der Waals surface area contributed by atoms with Gasteiger partial charge < -0.3 is 9.80 Å². The molecule has 7 heteroatoms. The molecule has 178 valence electrons. The van der Waals surface area contributed by atoms with E-state index in [0.717, 1.165) is 48.7 Å². The third kappa shape index (κ3) is 6.64. The molecule has 0 fully saturated rings. The fourth-order valence-electron chi connectivity index (χ4n) is 4.08. The quantitative estimate of drug-likeness (QED) is 0.283. The van der Waals surface area contributed by atoms with E-state index in [-0.39, 0.29) is 41.9 Å². The molecule has 0 amide bonds. The minimum atomic E-state index is -4.45. The minimum absolute atomic E-state index is 0. The molecule has 1 N–H and O–H groups in total. The molecule has 0 aliphatic carbocycles. The summed E-state index contributed by atoms with van der Waals surface area (Å²) in [4.78, 5) is 4.26. The SMILES string of the molecule is C.CCN(CC)c1ccc(-c2cc[c-]c(S(=O)(=O)O)c2-c2ccc(N(CC)CC)cc2)cc1.[Na+]. The Labute approximate surface area is 227 Å². The Bertz CT molecular complexity index is 1140. The zero-order valence-corrected chi connectivity index (χ0v) is 23.0. The molecule has 3 aromatic rings. The monoisotopic (exact) mass is 490 g/mol. The maximum Gasteiger partial charge on any atom is 1.00 e. The van der Waals surface area contributed by atoms with Crippen LogP contribution in [0.3, 0.4) is 0 Å². The average Bonchev–Trinajstić information content (AvgIpc) is 2.80. The van der Waals surface area contributed by atoms with Gasteiger partial charge in [-0.1, -0.05) is 42.8 Å². The van der Waals surface area contributed by atoms with Crippen molar-refractivity contribution in [2.45, 2.75) is 40.0 Å². The van der Waals surface area contributed by atoms with E-state index in [4.69, 9.17) is 0 Å². The number of anilines is 2. The largest absolute Gasteiger partial charge is 1.00 e. The van der Waals surface area contributed by atoms with Crippen molar-refractivity contribution in [2.24, 2.45) is 0 Å². The fourth-order valence-corrected chi connectivity index (χ4v) is 4.78. The maximum atomic E-state index is 12.2. The smallest absolute Gasteiger partial charge is 0.372 e. The van der Waals surface area contributed by atoms with Gasteiger partial charge in [-0.2, -0.15) is 26.6 Å². The molecule has 0 aromatic heterocycles. The van der Waals surface area contributed by atoms with Crippen molar-refractivity contribution in [2.75, 3.05) is 36.0 Å². The molecule has 0 saturated heterocycles. The second kappa shape index (κ2) is 13.3. The summed E-state index contributed by atoms with van der Waals surface area (Å²) in [6.07, 6.45) is 0. The molecule has 0 atom stereocenters. The van der Waals surface area contributed by atoms with Crippen LogP contribution in [0, 0.1) is 6.07 Å². The first-order valence-electron chi connectivity index (χ1n) is 11.1. The molecule has 0 aliphatic rings. The Hall–Kier alpha value is -1.83. The molecule has 3 aromatic carbocycles. The van der Waals surface area contributed by atoms with E-state index in [2.05, 4.69) is 43.6 Å². The van der Waals surface area contributed by atoms with Gasteiger partial charge >= 0.3 is 29.6 Å². The van der Waals surface area contributed by atoms with E-state index in [1.54, 1.807) is 6.07 Å². The second-order valence-corrected chi connectivity index (χ2v) is 8.87. The topological polar surface area (TPSA) is 60.9 Å². The van der Waals surface area contributed by atoms with Gasteiger partial charge in [-0.15, -0.1) is 5.56 Å². The van der Waals surface area contributed by atoms with E-state index >= 15 is 0 Å². The Kier molecular flexibility index (Phi) is 11.8. The summed E-state index contributed by atoms with van der Waals surface area (Å²) in [5.41, 5.74) is 4.96. The first-order chi connectivity index (χ1) is 15.3. The van der Waals surface area contributed by atoms with Crippen LogP contribution in [0.1, 0.15) is 35.1 Å². The van der Waals surface area contributed by atoms with Crippen molar-refractivity contribution in [3.63, 3.8) is 0 Å². The zero-order chi connectivity index (χ0) is 23.3. The molecule has 0 bridgehead atoms. The molecule has 0 aliphatic heterocycles. The van der Waals surface area contributed by atoms with Crippen LogP contribution < -0.4 is 39.4 Å². The van der Waals surface area contributed by atoms with Gasteiger partial charge in [0.05, 0.1) is 0 Å². The molecular weight excluding hydrogens is 455 g/mol. The van der Waals surface area contributed by atoms with Crippen molar-refractivity contribution in [1.29, 1.82) is 0 Å². The normalized spacial score (nSPS) is 10.7. The van der Waals surface area contributed by atoms with E-state index in [1.807, 2.05) is 54.6 Å². The summed E-state index contributed by atoms with van der Waals surface area (Å²) in [6, 6.07) is 22.0. The summed E-state index contributed by atoms with van der Waals surface area (Å²) < 4.78 is 34.3. The zero-order valence-electron chi connectivity index (χ0n) is 20.2. The van der Waals surface area contributed by atoms with Gasteiger partial charge in [-0.05, 0) is 62.4 Å². The van der Waals surface area contributed by atoms with E-state index in [1.165, 1.54) is 0 Å². The summed E-state index contributed by atoms with van der Waals surface area (Å²) in [6.45, 7) is 12.0. The van der Waals surface area contributed by atoms with E-state index < -0.39 is 10.1 Å². The first kappa shape index (κ1) is 30.2. The Balaban J connectivity index is 0.00000289. The van der Waals surface area contributed by atoms with Gasteiger partial charge in [0.25, 0.3) is 10.1 Å². The van der Waals surface area contributed by atoms with Crippen LogP contribution in [0.4, 0.5) is 11.4 Å². The van der Waals surface area contributed by atoms with Crippen molar-refractivity contribution in [3.05, 3.63) is 66.7 Å². The molecule has 34 heavy (non-hydrogen) atoms. The van der Waals surface area contributed by atoms with Crippen LogP contribution >= 0.6 is 0 Å². The van der Waals surface area contributed by atoms with Gasteiger partial charge in [0.2, 0.25) is 0 Å². The maximum absolute atomic E-state index is 12.2. The van der Waals surface area contributed by atoms with Gasteiger partial charge in [0.1, 0.15) is 0 Å². The summed E-state index contributed by atoms with van der Waals surface area (Å²) in [5.74, 6) is 0. The van der Waals surface area contributed by atoms with Gasteiger partial charge in [-0.25, -0.2) is 0 Å². The number of hydrogen-bond acceptors (Lipinski definition) is 4. The molecular formula is C27H35N2NaO3S. The Morgan fingerprint density at radius 1 is 0.735 bits per heavy atom. The number of rotatable bonds is 9. The van der Waals surface area contributed by atoms with Crippen LogP contribution in [0.5, 0.6) is 0 Å². The number of benzene rings is 3. The molecule has 3 rings (SSSR count). The summed E-state index contributed by atoms with van der Waals surface area (Å²) in [5, 5.41) is 0. The van der Waals surface area contributed by atoms with Crippen molar-refractivity contribution < 1.29 is 42.5 Å². The molecule has 5 nitrogen and oxygen atoms in total. The standard InChI is InChI=1S/C26H31N2O3S.CH4.Na/c1-5-27(6-2)22-16-12-20(13-17-22)24-10-9-11-25(32(29,30)31)26(24)21-14-18-23(19-15-21)28(7-3)8-4;;/h9-10,12-19H,5-8H2,1-4H3,(H,29,30,31);1H4;/q-1;;+1. The van der Waals surface area contributed by atoms with Gasteiger partial charge in [0.15, 0.2) is 0 Å². The average molecular weight is 491 g/mol. The van der Waals surface area contributed by atoms with Crippen molar-refractivity contribution >= 4 is 21.5 Å². The molecule has 0 spiro atoms. The van der Waals surface area contributed by atoms with Crippen LogP contribution in [-0.4, -0.2) is 39.1 Å². The first-order valence-corrected chi connectivity index (χ1v) is 12.5. The van der Waals surface area contributed by atoms with E-state index in [9.17, 15) is 13.0 Å². The molecule has 0 heterocycles. The van der Waals surface area contributed by atoms with Crippen LogP contribution in [0.25, 0.3) is 22.3 Å². The van der Waals surface area contributed by atoms with Gasteiger partial charge in [0, 0.05) is 37.6 Å². The Morgan fingerprint density at radius 2 is 1.15 bits per heavy atom. The predicted molar refractivity (Wildman–Crippen MR) is 140 cm³/mol. The molecule has 0 radical (unpaired) electrons. The second-order valence-electron chi connectivity index (χ2n) is 7.51. The Morgan fingerprint density at radius 3 is 1.53 bits per heavy atom. The van der Waals surface area contributed by atoms with Crippen molar-refractivity contribution in [1.82, 2.24) is 0 Å². The molecule has 0 saturated carbocycles.